The summed E-state index contributed by atoms with van der Waals surface area (Å²) in [5, 5.41) is 21.7. The summed E-state index contributed by atoms with van der Waals surface area (Å²) in [7, 11) is -3.32. The van der Waals surface area contributed by atoms with Crippen molar-refractivity contribution in [2.24, 2.45) is 5.41 Å². The maximum atomic E-state index is 16.2. The van der Waals surface area contributed by atoms with Crippen LogP contribution >= 0.6 is 0 Å². The molecule has 0 spiro atoms. The van der Waals surface area contributed by atoms with E-state index in [1.54, 1.807) is 24.3 Å². The Morgan fingerprint density at radius 1 is 1.11 bits per heavy atom. The molecule has 0 aliphatic heterocycles. The zero-order chi connectivity index (χ0) is 26.0. The molecule has 1 heterocycles. The summed E-state index contributed by atoms with van der Waals surface area (Å²) in [6.07, 6.45) is 2.19. The third-order valence-electron chi connectivity index (χ3n) is 7.28. The van der Waals surface area contributed by atoms with Gasteiger partial charge in [0, 0.05) is 23.3 Å². The summed E-state index contributed by atoms with van der Waals surface area (Å²) >= 11 is 0. The standard InChI is InChI=1S/C23H22F4N4O4S/c1-36(33,34)14-35-17-5-2-15(3-6-17)20-9-21(10-20,11-20)23(26,27)22(32,12-31-13-28-29-30-31)18-7-4-16(24)8-19(18)25/h2-8,13,32H,9-12,14H2,1H3. The maximum Gasteiger partial charge on any atom is 0.287 e. The minimum absolute atomic E-state index is 0.0390. The van der Waals surface area contributed by atoms with Crippen LogP contribution in [0, 0.1) is 17.0 Å². The number of halogens is 4. The van der Waals surface area contributed by atoms with Crippen molar-refractivity contribution in [3.63, 3.8) is 0 Å². The molecule has 36 heavy (non-hydrogen) atoms. The quantitative estimate of drug-likeness (QED) is 0.427. The van der Waals surface area contributed by atoms with Gasteiger partial charge in [0.15, 0.2) is 21.4 Å². The number of aromatic nitrogens is 4. The average Bonchev–Trinajstić information content (AvgIpc) is 3.23. The second-order valence-electron chi connectivity index (χ2n) is 9.87. The molecule has 3 aliphatic carbocycles. The van der Waals surface area contributed by atoms with Gasteiger partial charge in [0.25, 0.3) is 5.92 Å². The Bertz CT molecular complexity index is 1380. The molecule has 0 saturated heterocycles. The van der Waals surface area contributed by atoms with E-state index < -0.39 is 61.9 Å². The Balaban J connectivity index is 1.40. The van der Waals surface area contributed by atoms with Gasteiger partial charge in [0.1, 0.15) is 23.7 Å². The third-order valence-corrected chi connectivity index (χ3v) is 7.83. The Kier molecular flexibility index (Phi) is 5.45. The van der Waals surface area contributed by atoms with Gasteiger partial charge < -0.3 is 9.84 Å². The summed E-state index contributed by atoms with van der Waals surface area (Å²) in [5.41, 5.74) is -5.16. The van der Waals surface area contributed by atoms with E-state index >= 15 is 8.78 Å². The average molecular weight is 527 g/mol. The Morgan fingerprint density at radius 2 is 1.78 bits per heavy atom. The second kappa shape index (κ2) is 7.97. The lowest BCUT2D eigenvalue weighted by molar-refractivity contribution is -0.347. The van der Waals surface area contributed by atoms with E-state index in [0.29, 0.717) is 11.8 Å². The van der Waals surface area contributed by atoms with Crippen LogP contribution in [0.2, 0.25) is 0 Å². The lowest BCUT2D eigenvalue weighted by Crippen LogP contribution is -2.76. The smallest absolute Gasteiger partial charge is 0.287 e. The minimum Gasteiger partial charge on any atom is -0.478 e. The minimum atomic E-state index is -3.81. The van der Waals surface area contributed by atoms with Crippen LogP contribution in [0.3, 0.4) is 0 Å². The number of sulfone groups is 1. The largest absolute Gasteiger partial charge is 0.478 e. The van der Waals surface area contributed by atoms with Gasteiger partial charge in [-0.2, -0.15) is 0 Å². The van der Waals surface area contributed by atoms with E-state index in [1.807, 2.05) is 0 Å². The summed E-state index contributed by atoms with van der Waals surface area (Å²) in [6.45, 7) is -0.837. The number of rotatable bonds is 9. The number of aliphatic hydroxyl groups is 1. The van der Waals surface area contributed by atoms with Gasteiger partial charge in [-0.05, 0) is 64.9 Å². The summed E-state index contributed by atoms with van der Waals surface area (Å²) < 4.78 is 89.2. The first-order chi connectivity index (χ1) is 16.8. The highest BCUT2D eigenvalue weighted by Gasteiger charge is 2.82. The number of benzene rings is 2. The Morgan fingerprint density at radius 3 is 2.33 bits per heavy atom. The highest BCUT2D eigenvalue weighted by atomic mass is 32.2. The van der Waals surface area contributed by atoms with Crippen LogP contribution in [-0.2, 0) is 27.4 Å². The lowest BCUT2D eigenvalue weighted by atomic mass is 9.30. The molecule has 3 fully saturated rings. The fraction of sp³-hybridized carbons (Fsp3) is 0.435. The van der Waals surface area contributed by atoms with Crippen molar-refractivity contribution < 1.29 is 35.8 Å². The van der Waals surface area contributed by atoms with Crippen molar-refractivity contribution in [2.75, 3.05) is 12.2 Å². The number of ether oxygens (including phenoxy) is 1. The first-order valence-electron chi connectivity index (χ1n) is 11.0. The predicted molar refractivity (Wildman–Crippen MR) is 118 cm³/mol. The Labute approximate surface area is 203 Å². The maximum absolute atomic E-state index is 16.2. The molecule has 3 aliphatic rings. The first-order valence-corrected chi connectivity index (χ1v) is 13.0. The van der Waals surface area contributed by atoms with E-state index in [0.717, 1.165) is 35.0 Å². The van der Waals surface area contributed by atoms with Crippen LogP contribution in [-0.4, -0.2) is 51.8 Å². The highest BCUT2D eigenvalue weighted by molar-refractivity contribution is 7.90. The van der Waals surface area contributed by atoms with E-state index in [4.69, 9.17) is 4.74 Å². The van der Waals surface area contributed by atoms with E-state index in [1.165, 1.54) is 0 Å². The normalized spacial score (nSPS) is 24.9. The summed E-state index contributed by atoms with van der Waals surface area (Å²) in [5.74, 6) is -6.22. The molecule has 1 unspecified atom stereocenters. The fourth-order valence-corrected chi connectivity index (χ4v) is 5.96. The second-order valence-corrected chi connectivity index (χ2v) is 12.0. The SMILES string of the molecule is CS(=O)(=O)COc1ccc(C23CC(C(F)(F)C(O)(Cn4cnnn4)c4ccc(F)cc4F)(C2)C3)cc1. The molecule has 1 atom stereocenters. The van der Waals surface area contributed by atoms with Crippen LogP contribution in [0.4, 0.5) is 17.6 Å². The molecule has 0 radical (unpaired) electrons. The van der Waals surface area contributed by atoms with Gasteiger partial charge in [-0.3, -0.25) is 0 Å². The first kappa shape index (κ1) is 24.6. The van der Waals surface area contributed by atoms with Crippen LogP contribution in [0.1, 0.15) is 30.4 Å². The summed E-state index contributed by atoms with van der Waals surface area (Å²) in [4.78, 5) is 0. The predicted octanol–water partition coefficient (Wildman–Crippen LogP) is 2.98. The third kappa shape index (κ3) is 3.76. The topological polar surface area (TPSA) is 107 Å². The number of hydrogen-bond acceptors (Lipinski definition) is 7. The molecule has 3 saturated carbocycles. The van der Waals surface area contributed by atoms with Crippen LogP contribution in [0.5, 0.6) is 5.75 Å². The van der Waals surface area contributed by atoms with Gasteiger partial charge in [-0.25, -0.2) is 30.7 Å². The van der Waals surface area contributed by atoms with Gasteiger partial charge in [-0.1, -0.05) is 12.1 Å². The molecular formula is C23H22F4N4O4S. The Hall–Kier alpha value is -3.06. The van der Waals surface area contributed by atoms with Crippen molar-refractivity contribution in [2.45, 2.75) is 42.7 Å². The molecule has 0 amide bonds. The van der Waals surface area contributed by atoms with Gasteiger partial charge in [-0.15, -0.1) is 5.10 Å². The van der Waals surface area contributed by atoms with E-state index in [-0.39, 0.29) is 19.3 Å². The van der Waals surface area contributed by atoms with Crippen molar-refractivity contribution in [3.8, 4) is 5.75 Å². The molecule has 6 rings (SSSR count). The van der Waals surface area contributed by atoms with Crippen LogP contribution < -0.4 is 4.74 Å². The zero-order valence-electron chi connectivity index (χ0n) is 19.0. The molecule has 2 aromatic carbocycles. The van der Waals surface area contributed by atoms with Crippen molar-refractivity contribution >= 4 is 9.84 Å². The van der Waals surface area contributed by atoms with Crippen LogP contribution in [0.15, 0.2) is 48.8 Å². The molecule has 2 bridgehead atoms. The number of alkyl halides is 2. The molecule has 13 heteroatoms. The van der Waals surface area contributed by atoms with E-state index in [2.05, 4.69) is 15.5 Å². The zero-order valence-corrected chi connectivity index (χ0v) is 19.9. The number of hydrogen-bond donors (Lipinski definition) is 1. The lowest BCUT2D eigenvalue weighted by Gasteiger charge is -2.74. The highest BCUT2D eigenvalue weighted by Crippen LogP contribution is 2.80. The van der Waals surface area contributed by atoms with Crippen molar-refractivity contribution in [3.05, 3.63) is 71.6 Å². The van der Waals surface area contributed by atoms with E-state index in [9.17, 15) is 22.3 Å². The van der Waals surface area contributed by atoms with Crippen molar-refractivity contribution in [1.29, 1.82) is 0 Å². The molecule has 1 aromatic heterocycles. The number of nitrogens with zero attached hydrogens (tertiary/aromatic N) is 4. The summed E-state index contributed by atoms with van der Waals surface area (Å²) in [6, 6.07) is 8.64. The van der Waals surface area contributed by atoms with Gasteiger partial charge >= 0.3 is 0 Å². The van der Waals surface area contributed by atoms with Crippen LogP contribution in [0.25, 0.3) is 0 Å². The monoisotopic (exact) mass is 526 g/mol. The molecule has 1 N–H and O–H groups in total. The number of tetrazole rings is 1. The molecule has 192 valence electrons. The molecule has 8 nitrogen and oxygen atoms in total. The molecular weight excluding hydrogens is 504 g/mol. The fourth-order valence-electron chi connectivity index (χ4n) is 5.61. The molecule has 3 aromatic rings. The van der Waals surface area contributed by atoms with Gasteiger partial charge in [0.2, 0.25) is 0 Å². The van der Waals surface area contributed by atoms with Gasteiger partial charge in [0.05, 0.1) is 6.54 Å². The van der Waals surface area contributed by atoms with Crippen molar-refractivity contribution in [1.82, 2.24) is 20.2 Å².